The molecule has 1 aromatic heterocycles. The second-order valence-corrected chi connectivity index (χ2v) is 20.0. The Morgan fingerprint density at radius 1 is 1.04 bits per heavy atom. The topological polar surface area (TPSA) is 193 Å². The number of nitrogens with zero attached hydrogens (tertiary/aromatic N) is 5. The van der Waals surface area contributed by atoms with Gasteiger partial charge in [-0.1, -0.05) is 73.1 Å². The summed E-state index contributed by atoms with van der Waals surface area (Å²) in [6.07, 6.45) is 0.514. The van der Waals surface area contributed by atoms with Gasteiger partial charge in [0.25, 0.3) is 0 Å². The van der Waals surface area contributed by atoms with Gasteiger partial charge < -0.3 is 44.7 Å². The first kappa shape index (κ1) is 54.0. The van der Waals surface area contributed by atoms with Crippen molar-refractivity contribution in [3.05, 3.63) is 64.8 Å². The minimum atomic E-state index is -1.32. The molecule has 16 nitrogen and oxygen atoms in total. The molecule has 0 radical (unpaired) electrons. The molecular weight excluding hydrogens is 922 g/mol. The Hall–Kier alpha value is -3.97. The lowest BCUT2D eigenvalue weighted by molar-refractivity contribution is -0.265. The number of hydrogen-bond donors (Lipinski definition) is 3. The van der Waals surface area contributed by atoms with Gasteiger partial charge in [0.15, 0.2) is 17.7 Å². The van der Waals surface area contributed by atoms with Crippen LogP contribution in [0.5, 0.6) is 0 Å². The molecule has 12 atom stereocenters. The number of rotatable bonds is 18. The van der Waals surface area contributed by atoms with E-state index in [-0.39, 0.29) is 18.6 Å². The SMILES string of the molecule is CCO[C@@H](O[C@@H]1[C@@H](C)C(=O)[C@@H](C)C(=O)O[C@H](CC)[C@@]2(C)OC(=O)N(CCCCn3cc(-c4cccc(N)c4)nn3)[C@@H]2C(Cc2cccc(Br)c2)NC[C@H](C)C[C@@]1(C)OC)C(O)C(CC)N(C)C. The summed E-state index contributed by atoms with van der Waals surface area (Å²) >= 11 is 3.66. The highest BCUT2D eigenvalue weighted by Gasteiger charge is 2.59. The molecule has 3 unspecified atom stereocenters. The third-order valence-corrected chi connectivity index (χ3v) is 14.3. The van der Waals surface area contributed by atoms with E-state index in [9.17, 15) is 19.5 Å². The van der Waals surface area contributed by atoms with Gasteiger partial charge in [0.05, 0.1) is 23.9 Å². The standard InChI is InChI=1S/C50H76BrN7O9/c1-12-40(56(9)10)43(60)47(64-14-3)66-45-32(5)42(59)33(6)46(61)65-41(13-2)50(8)44(38(26-34-19-17-21-36(51)25-34)53-29-31(4)28-49(45,7)63-11)58(48(62)67-50)24-16-15-23-57-30-39(54-55-57)35-20-18-22-37(52)27-35/h17-22,25,27,30-33,38,40-41,43-45,47,53,60H,12-16,23-24,26,28-29,52H2,1-11H3/t31-,32+,33-,38?,40?,41-,43?,44-,45-,47+,49-,50-/m1/s1. The first-order chi connectivity index (χ1) is 31.8. The number of nitrogens with one attached hydrogen (secondary N) is 1. The fourth-order valence-electron chi connectivity index (χ4n) is 10.2. The number of carbonyl (C=O) groups excluding carboxylic acids is 3. The Morgan fingerprint density at radius 2 is 1.76 bits per heavy atom. The van der Waals surface area contributed by atoms with Gasteiger partial charge in [0.1, 0.15) is 23.8 Å². The number of hydrogen-bond acceptors (Lipinski definition) is 14. The summed E-state index contributed by atoms with van der Waals surface area (Å²) in [6, 6.07) is 14.3. The molecule has 0 spiro atoms. The average molecular weight is 999 g/mol. The number of nitrogens with two attached hydrogens (primary N) is 1. The monoisotopic (exact) mass is 997 g/mol. The van der Waals surface area contributed by atoms with Crippen LogP contribution in [0.4, 0.5) is 10.5 Å². The van der Waals surface area contributed by atoms with Crippen molar-refractivity contribution in [3.8, 4) is 11.3 Å². The number of benzene rings is 2. The summed E-state index contributed by atoms with van der Waals surface area (Å²) in [7, 11) is 5.37. The summed E-state index contributed by atoms with van der Waals surface area (Å²) < 4.78 is 34.8. The Morgan fingerprint density at radius 3 is 2.40 bits per heavy atom. The normalized spacial score (nSPS) is 29.1. The molecule has 3 aromatic rings. The molecule has 5 rings (SSSR count). The fourth-order valence-corrected chi connectivity index (χ4v) is 10.6. The van der Waals surface area contributed by atoms with Crippen LogP contribution in [0.3, 0.4) is 0 Å². The van der Waals surface area contributed by atoms with Crippen LogP contribution >= 0.6 is 15.9 Å². The first-order valence-corrected chi connectivity index (χ1v) is 24.7. The molecule has 2 aliphatic heterocycles. The van der Waals surface area contributed by atoms with E-state index in [0.717, 1.165) is 21.3 Å². The maximum absolute atomic E-state index is 14.6. The van der Waals surface area contributed by atoms with Crippen molar-refractivity contribution >= 4 is 39.5 Å². The van der Waals surface area contributed by atoms with Crippen molar-refractivity contribution in [2.75, 3.05) is 46.6 Å². The Bertz CT molecular complexity index is 2090. The Kier molecular flexibility index (Phi) is 19.4. The summed E-state index contributed by atoms with van der Waals surface area (Å²) in [5.74, 6) is -3.35. The van der Waals surface area contributed by atoms with E-state index in [0.29, 0.717) is 63.8 Å². The molecular formula is C50H76BrN7O9. The number of esters is 1. The number of halogens is 1. The quantitative estimate of drug-likeness (QED) is 0.0392. The molecule has 3 heterocycles. The van der Waals surface area contributed by atoms with Gasteiger partial charge in [-0.3, -0.25) is 19.2 Å². The zero-order valence-corrected chi connectivity index (χ0v) is 43.0. The van der Waals surface area contributed by atoms with Crippen LogP contribution in [0.25, 0.3) is 11.3 Å². The lowest BCUT2D eigenvalue weighted by Gasteiger charge is -2.44. The van der Waals surface area contributed by atoms with Crippen molar-refractivity contribution in [3.63, 3.8) is 0 Å². The lowest BCUT2D eigenvalue weighted by Crippen LogP contribution is -2.62. The van der Waals surface area contributed by atoms with Crippen molar-refractivity contribution in [2.24, 2.45) is 17.8 Å². The van der Waals surface area contributed by atoms with Crippen LogP contribution in [0.15, 0.2) is 59.2 Å². The predicted octanol–water partition coefficient (Wildman–Crippen LogP) is 6.91. The van der Waals surface area contributed by atoms with Crippen molar-refractivity contribution in [1.29, 1.82) is 0 Å². The molecule has 0 saturated carbocycles. The highest BCUT2D eigenvalue weighted by atomic mass is 79.9. The number of anilines is 1. The molecule has 2 saturated heterocycles. The Labute approximate surface area is 406 Å². The maximum atomic E-state index is 14.6. The predicted molar refractivity (Wildman–Crippen MR) is 261 cm³/mol. The number of cyclic esters (lactones) is 1. The van der Waals surface area contributed by atoms with Crippen LogP contribution in [-0.4, -0.2) is 143 Å². The van der Waals surface area contributed by atoms with Crippen molar-refractivity contribution < 1.29 is 43.2 Å². The number of amides is 1. The van der Waals surface area contributed by atoms with E-state index in [1.165, 1.54) is 0 Å². The minimum absolute atomic E-state index is 0.0796. The Balaban J connectivity index is 1.51. The van der Waals surface area contributed by atoms with E-state index in [2.05, 4.69) is 50.6 Å². The van der Waals surface area contributed by atoms with Crippen molar-refractivity contribution in [1.82, 2.24) is 30.1 Å². The number of carbonyl (C=O) groups is 3. The van der Waals surface area contributed by atoms with Gasteiger partial charge in [-0.25, -0.2) is 4.79 Å². The van der Waals surface area contributed by atoms with Crippen LogP contribution in [0.1, 0.15) is 93.1 Å². The number of aryl methyl sites for hydroxylation is 1. The molecule has 2 aliphatic rings. The maximum Gasteiger partial charge on any atom is 0.410 e. The van der Waals surface area contributed by atoms with Gasteiger partial charge in [0.2, 0.25) is 0 Å². The van der Waals surface area contributed by atoms with Gasteiger partial charge in [-0.15, -0.1) is 5.10 Å². The van der Waals surface area contributed by atoms with Crippen LogP contribution in [-0.2, 0) is 46.2 Å². The third kappa shape index (κ3) is 13.0. The van der Waals surface area contributed by atoms with Gasteiger partial charge in [0, 0.05) is 60.5 Å². The molecule has 17 heteroatoms. The lowest BCUT2D eigenvalue weighted by atomic mass is 9.78. The highest BCUT2D eigenvalue weighted by molar-refractivity contribution is 9.10. The number of aliphatic hydroxyl groups is 1. The number of Topliss-reactive ketones (excluding diaryl/α,β-unsaturated/α-hetero) is 1. The molecule has 4 N–H and O–H groups in total. The fraction of sp³-hybridized carbons (Fsp3) is 0.660. The summed E-state index contributed by atoms with van der Waals surface area (Å²) in [5.41, 5.74) is 6.85. The van der Waals surface area contributed by atoms with Gasteiger partial charge in [-0.05, 0) is 123 Å². The second-order valence-electron chi connectivity index (χ2n) is 19.1. The van der Waals surface area contributed by atoms with E-state index in [1.807, 2.05) is 96.2 Å². The zero-order valence-electron chi connectivity index (χ0n) is 41.4. The highest BCUT2D eigenvalue weighted by Crippen LogP contribution is 2.41. The molecule has 2 fully saturated rings. The molecule has 0 bridgehead atoms. The third-order valence-electron chi connectivity index (χ3n) is 13.8. The first-order valence-electron chi connectivity index (χ1n) is 23.9. The van der Waals surface area contributed by atoms with Crippen LogP contribution in [0.2, 0.25) is 0 Å². The molecule has 2 aromatic carbocycles. The number of unbranched alkanes of at least 4 members (excludes halogenated alkanes) is 1. The minimum Gasteiger partial charge on any atom is -0.458 e. The molecule has 1 amide bonds. The molecule has 372 valence electrons. The summed E-state index contributed by atoms with van der Waals surface area (Å²) in [4.78, 5) is 47.1. The summed E-state index contributed by atoms with van der Waals surface area (Å²) in [6.45, 7) is 16.5. The number of likely N-dealkylation sites (N-methyl/N-ethyl adjacent to an activating group) is 1. The number of ether oxygens (including phenoxy) is 5. The molecule has 0 aliphatic carbocycles. The number of nitrogen functional groups attached to an aromatic ring is 1. The van der Waals surface area contributed by atoms with Crippen LogP contribution in [0, 0.1) is 17.8 Å². The van der Waals surface area contributed by atoms with Gasteiger partial charge in [-0.2, -0.15) is 0 Å². The van der Waals surface area contributed by atoms with E-state index in [1.54, 1.807) is 30.5 Å². The number of ketones is 1. The number of fused-ring (bicyclic) bond motifs is 1. The van der Waals surface area contributed by atoms with E-state index >= 15 is 0 Å². The average Bonchev–Trinajstić information content (AvgIpc) is 3.87. The number of aliphatic hydroxyl groups excluding tert-OH is 1. The smallest absolute Gasteiger partial charge is 0.410 e. The zero-order chi connectivity index (χ0) is 49.2. The number of methoxy groups -OCH3 is 1. The van der Waals surface area contributed by atoms with E-state index < -0.39 is 77.6 Å². The largest absolute Gasteiger partial charge is 0.458 e. The van der Waals surface area contributed by atoms with Crippen molar-refractivity contribution in [2.45, 2.75) is 154 Å². The van der Waals surface area contributed by atoms with Crippen LogP contribution < -0.4 is 11.1 Å². The second kappa shape index (κ2) is 24.0. The van der Waals surface area contributed by atoms with Gasteiger partial charge >= 0.3 is 12.1 Å². The van der Waals surface area contributed by atoms with E-state index in [4.69, 9.17) is 29.4 Å². The molecule has 67 heavy (non-hydrogen) atoms. The number of aromatic nitrogens is 3. The summed E-state index contributed by atoms with van der Waals surface area (Å²) in [5, 5.41) is 24.3.